The van der Waals surface area contributed by atoms with Crippen molar-refractivity contribution in [3.8, 4) is 5.69 Å². The number of aliphatic hydroxyl groups is 1. The third-order valence-electron chi connectivity index (χ3n) is 8.26. The van der Waals surface area contributed by atoms with Gasteiger partial charge in [0.2, 0.25) is 5.78 Å². The van der Waals surface area contributed by atoms with Crippen LogP contribution in [0.4, 0.5) is 18.9 Å². The van der Waals surface area contributed by atoms with Crippen molar-refractivity contribution in [2.24, 2.45) is 0 Å². The van der Waals surface area contributed by atoms with Gasteiger partial charge in [0.25, 0.3) is 11.5 Å². The number of aliphatic hydroxyl groups excluding tert-OH is 1. The van der Waals surface area contributed by atoms with E-state index in [9.17, 15) is 32.7 Å². The minimum absolute atomic E-state index is 0.0500. The first-order valence-corrected chi connectivity index (χ1v) is 15.3. The van der Waals surface area contributed by atoms with E-state index in [1.165, 1.54) is 21.7 Å². The largest absolute Gasteiger partial charge is 0.507 e. The molecule has 0 aliphatic carbocycles. The SMILES string of the molecule is O=C(/C=C(/O)c1cc(Cc2c(F)cc(F)cc2F)cn(Cc2ccccc2)c1=O)C(=O)N1CCN(c2ccc(-n3cccc3)cc2)CC1. The topological polar surface area (TPSA) is 87.8 Å². The molecule has 11 heteroatoms. The number of piperazine rings is 1. The van der Waals surface area contributed by atoms with Crippen molar-refractivity contribution in [2.75, 3.05) is 31.1 Å². The Bertz CT molecular complexity index is 2010. The van der Waals surface area contributed by atoms with E-state index in [-0.39, 0.29) is 37.2 Å². The number of carbonyl (C=O) groups excluding carboxylic acids is 2. The van der Waals surface area contributed by atoms with E-state index in [1.54, 1.807) is 30.3 Å². The fraction of sp³-hybridized carbons (Fsp3) is 0.162. The van der Waals surface area contributed by atoms with Crippen molar-refractivity contribution in [3.05, 3.63) is 160 Å². The summed E-state index contributed by atoms with van der Waals surface area (Å²) in [7, 11) is 0. The number of ketones is 1. The number of hydrogen-bond donors (Lipinski definition) is 1. The van der Waals surface area contributed by atoms with Crippen molar-refractivity contribution in [3.63, 3.8) is 0 Å². The number of halogens is 3. The number of aromatic nitrogens is 2. The lowest BCUT2D eigenvalue weighted by Gasteiger charge is -2.35. The zero-order chi connectivity index (χ0) is 33.8. The first-order valence-electron chi connectivity index (χ1n) is 15.3. The van der Waals surface area contributed by atoms with Crippen molar-refractivity contribution < 1.29 is 27.9 Å². The summed E-state index contributed by atoms with van der Waals surface area (Å²) in [6.07, 6.45) is 5.61. The monoisotopic (exact) mass is 652 g/mol. The fourth-order valence-corrected chi connectivity index (χ4v) is 5.75. The highest BCUT2D eigenvalue weighted by molar-refractivity contribution is 6.41. The molecule has 2 aromatic heterocycles. The average molecular weight is 653 g/mol. The van der Waals surface area contributed by atoms with Crippen molar-refractivity contribution in [1.29, 1.82) is 0 Å². The summed E-state index contributed by atoms with van der Waals surface area (Å²) in [6.45, 7) is 1.56. The molecule has 0 unspecified atom stereocenters. The van der Waals surface area contributed by atoms with Crippen LogP contribution in [0.15, 0.2) is 114 Å². The minimum atomic E-state index is -1.11. The number of amides is 1. The van der Waals surface area contributed by atoms with Crippen LogP contribution in [0.5, 0.6) is 0 Å². The van der Waals surface area contributed by atoms with E-state index in [4.69, 9.17) is 0 Å². The highest BCUT2D eigenvalue weighted by atomic mass is 19.1. The lowest BCUT2D eigenvalue weighted by Crippen LogP contribution is -2.50. The van der Waals surface area contributed by atoms with Gasteiger partial charge in [0.05, 0.1) is 12.1 Å². The second-order valence-corrected chi connectivity index (χ2v) is 11.5. The number of anilines is 1. The van der Waals surface area contributed by atoms with Crippen molar-refractivity contribution >= 4 is 23.1 Å². The van der Waals surface area contributed by atoms with Gasteiger partial charge in [-0.05, 0) is 53.6 Å². The van der Waals surface area contributed by atoms with E-state index in [1.807, 2.05) is 53.4 Å². The molecule has 1 aliphatic rings. The van der Waals surface area contributed by atoms with E-state index < -0.39 is 46.0 Å². The maximum atomic E-state index is 14.5. The van der Waals surface area contributed by atoms with Crippen LogP contribution in [-0.4, -0.2) is 57.0 Å². The van der Waals surface area contributed by atoms with Crippen LogP contribution in [0.3, 0.4) is 0 Å². The molecule has 5 aromatic rings. The molecule has 0 atom stereocenters. The van der Waals surface area contributed by atoms with Crippen molar-refractivity contribution in [1.82, 2.24) is 14.0 Å². The predicted octanol–water partition coefficient (Wildman–Crippen LogP) is 5.51. The van der Waals surface area contributed by atoms with Crippen LogP contribution in [0.25, 0.3) is 11.4 Å². The van der Waals surface area contributed by atoms with E-state index in [0.29, 0.717) is 31.3 Å². The molecule has 3 heterocycles. The van der Waals surface area contributed by atoms with Gasteiger partial charge in [-0.15, -0.1) is 0 Å². The summed E-state index contributed by atoms with van der Waals surface area (Å²) in [6, 6.07) is 23.1. The number of rotatable bonds is 9. The zero-order valence-electron chi connectivity index (χ0n) is 25.7. The molecule has 1 N–H and O–H groups in total. The molecule has 0 spiro atoms. The molecule has 1 amide bonds. The molecule has 1 fully saturated rings. The predicted molar refractivity (Wildman–Crippen MR) is 176 cm³/mol. The summed E-state index contributed by atoms with van der Waals surface area (Å²) in [4.78, 5) is 43.1. The Hall–Kier alpha value is -5.84. The summed E-state index contributed by atoms with van der Waals surface area (Å²) < 4.78 is 45.8. The Kier molecular flexibility index (Phi) is 9.29. The maximum Gasteiger partial charge on any atom is 0.294 e. The van der Waals surface area contributed by atoms with Gasteiger partial charge in [-0.25, -0.2) is 13.2 Å². The van der Waals surface area contributed by atoms with Crippen LogP contribution >= 0.6 is 0 Å². The van der Waals surface area contributed by atoms with Gasteiger partial charge in [0.1, 0.15) is 23.2 Å². The normalized spacial score (nSPS) is 13.5. The van der Waals surface area contributed by atoms with Gasteiger partial charge in [-0.2, -0.15) is 0 Å². The smallest absolute Gasteiger partial charge is 0.294 e. The van der Waals surface area contributed by atoms with Gasteiger partial charge in [-0.3, -0.25) is 14.4 Å². The summed E-state index contributed by atoms with van der Waals surface area (Å²) in [5.74, 6) is -5.90. The second kappa shape index (κ2) is 13.9. The number of pyridine rings is 1. The summed E-state index contributed by atoms with van der Waals surface area (Å²) in [5, 5.41) is 11.0. The second-order valence-electron chi connectivity index (χ2n) is 11.5. The third-order valence-corrected chi connectivity index (χ3v) is 8.26. The van der Waals surface area contributed by atoms with E-state index in [0.717, 1.165) is 16.9 Å². The molecule has 3 aromatic carbocycles. The summed E-state index contributed by atoms with van der Waals surface area (Å²) >= 11 is 0. The van der Waals surface area contributed by atoms with E-state index in [2.05, 4.69) is 4.90 Å². The summed E-state index contributed by atoms with van der Waals surface area (Å²) in [5.41, 5.74) is 1.48. The van der Waals surface area contributed by atoms with Crippen LogP contribution in [0.1, 0.15) is 22.3 Å². The number of hydrogen-bond acceptors (Lipinski definition) is 5. The molecular formula is C37H31F3N4O4. The number of nitrogens with zero attached hydrogens (tertiary/aromatic N) is 4. The standard InChI is InChI=1S/C37H31F3N4O4/c38-27-20-32(39)30(33(40)21-27)18-26-19-31(36(47)44(24-26)23-25-6-2-1-3-7-25)34(45)22-35(46)37(48)43-16-14-42(15-17-43)29-10-8-28(9-11-29)41-12-4-5-13-41/h1-13,19-22,24,45H,14-18,23H2/b34-22+. The highest BCUT2D eigenvalue weighted by Crippen LogP contribution is 2.22. The Morgan fingerprint density at radius 2 is 1.40 bits per heavy atom. The maximum absolute atomic E-state index is 14.5. The molecule has 0 bridgehead atoms. The lowest BCUT2D eigenvalue weighted by atomic mass is 10.0. The van der Waals surface area contributed by atoms with E-state index >= 15 is 0 Å². The molecule has 244 valence electrons. The molecule has 0 saturated carbocycles. The van der Waals surface area contributed by atoms with Gasteiger partial charge in [-0.1, -0.05) is 30.3 Å². The molecule has 8 nitrogen and oxygen atoms in total. The lowest BCUT2D eigenvalue weighted by molar-refractivity contribution is -0.142. The minimum Gasteiger partial charge on any atom is -0.507 e. The number of carbonyl (C=O) groups is 2. The molecule has 6 rings (SSSR count). The quantitative estimate of drug-likeness (QED) is 0.129. The highest BCUT2D eigenvalue weighted by Gasteiger charge is 2.26. The Labute approximate surface area is 274 Å². The Morgan fingerprint density at radius 3 is 2.04 bits per heavy atom. The van der Waals surface area contributed by atoms with Gasteiger partial charge in [0, 0.05) is 86.3 Å². The Balaban J connectivity index is 1.19. The zero-order valence-corrected chi connectivity index (χ0v) is 25.7. The molecular weight excluding hydrogens is 621 g/mol. The fourth-order valence-electron chi connectivity index (χ4n) is 5.75. The van der Waals surface area contributed by atoms with Crippen LogP contribution in [0, 0.1) is 17.5 Å². The first kappa shape index (κ1) is 32.1. The number of benzene rings is 3. The first-order chi connectivity index (χ1) is 23.2. The molecule has 1 saturated heterocycles. The molecule has 48 heavy (non-hydrogen) atoms. The third kappa shape index (κ3) is 7.10. The van der Waals surface area contributed by atoms with Crippen LogP contribution in [-0.2, 0) is 22.6 Å². The van der Waals surface area contributed by atoms with Gasteiger partial charge in [0.15, 0.2) is 0 Å². The van der Waals surface area contributed by atoms with Crippen molar-refractivity contribution in [2.45, 2.75) is 13.0 Å². The van der Waals surface area contributed by atoms with Crippen LogP contribution < -0.4 is 10.5 Å². The molecule has 0 radical (unpaired) electrons. The Morgan fingerprint density at radius 1 is 0.771 bits per heavy atom. The van der Waals surface area contributed by atoms with Crippen LogP contribution in [0.2, 0.25) is 0 Å². The average Bonchev–Trinajstić information content (AvgIpc) is 3.63. The van der Waals surface area contributed by atoms with Gasteiger partial charge >= 0.3 is 0 Å². The molecule has 1 aliphatic heterocycles. The van der Waals surface area contributed by atoms with Gasteiger partial charge < -0.3 is 24.0 Å².